The molecule has 6 heteroatoms. The summed E-state index contributed by atoms with van der Waals surface area (Å²) in [4.78, 5) is 19.6. The van der Waals surface area contributed by atoms with Crippen LogP contribution in [0, 0.1) is 0 Å². The lowest BCUT2D eigenvalue weighted by Crippen LogP contribution is -2.38. The van der Waals surface area contributed by atoms with E-state index >= 15 is 0 Å². The minimum absolute atomic E-state index is 0. The van der Waals surface area contributed by atoms with Gasteiger partial charge in [0.15, 0.2) is 5.96 Å². The van der Waals surface area contributed by atoms with Crippen LogP contribution in [0.5, 0.6) is 0 Å². The number of likely N-dealkylation sites (tertiary alicyclic amines) is 1. The Labute approximate surface area is 120 Å². The maximum Gasteiger partial charge on any atom is 0.244 e. The lowest BCUT2D eigenvalue weighted by Gasteiger charge is -2.20. The summed E-state index contributed by atoms with van der Waals surface area (Å²) in [6, 6.07) is 0. The molecule has 0 unspecified atom stereocenters. The van der Waals surface area contributed by atoms with Gasteiger partial charge in [0.1, 0.15) is 6.54 Å². The van der Waals surface area contributed by atoms with Crippen molar-refractivity contribution in [3.05, 3.63) is 0 Å². The predicted octanol–water partition coefficient (Wildman–Crippen LogP) is 0.883. The van der Waals surface area contributed by atoms with E-state index < -0.39 is 0 Å². The van der Waals surface area contributed by atoms with Crippen LogP contribution in [0.3, 0.4) is 0 Å². The van der Waals surface area contributed by atoms with E-state index in [0.717, 1.165) is 39.0 Å². The van der Waals surface area contributed by atoms with E-state index in [4.69, 9.17) is 5.73 Å². The van der Waals surface area contributed by atoms with Crippen LogP contribution in [0.25, 0.3) is 0 Å². The largest absolute Gasteiger partial charge is 0.370 e. The summed E-state index contributed by atoms with van der Waals surface area (Å²) in [5.74, 6) is 0.560. The number of nitrogens with two attached hydrogens (primary N) is 1. The van der Waals surface area contributed by atoms with Gasteiger partial charge in [-0.2, -0.15) is 0 Å². The lowest BCUT2D eigenvalue weighted by molar-refractivity contribution is -0.128. The molecule has 0 aromatic carbocycles. The van der Waals surface area contributed by atoms with Gasteiger partial charge in [0, 0.05) is 26.2 Å². The molecule has 0 saturated carbocycles. The molecule has 0 spiro atoms. The fourth-order valence-corrected chi connectivity index (χ4v) is 1.86. The quantitative estimate of drug-likeness (QED) is 0.463. The normalized spacial score (nSPS) is 15.6. The second kappa shape index (κ2) is 8.54. The monoisotopic (exact) mass is 354 g/mol. The molecule has 2 N–H and O–H groups in total. The van der Waals surface area contributed by atoms with Gasteiger partial charge in [-0.05, 0) is 26.7 Å². The summed E-state index contributed by atoms with van der Waals surface area (Å²) < 4.78 is 0. The molecule has 1 saturated heterocycles. The van der Waals surface area contributed by atoms with Crippen LogP contribution in [0.15, 0.2) is 4.99 Å². The van der Waals surface area contributed by atoms with E-state index in [2.05, 4.69) is 4.99 Å². The van der Waals surface area contributed by atoms with E-state index in [1.54, 1.807) is 0 Å². The van der Waals surface area contributed by atoms with Gasteiger partial charge in [0.25, 0.3) is 0 Å². The van der Waals surface area contributed by atoms with Crippen molar-refractivity contribution in [2.45, 2.75) is 26.7 Å². The third-order valence-corrected chi connectivity index (χ3v) is 2.92. The Balaban J connectivity index is 0.00000256. The Bertz CT molecular complexity index is 260. The molecule has 0 aromatic heterocycles. The van der Waals surface area contributed by atoms with Gasteiger partial charge < -0.3 is 15.5 Å². The van der Waals surface area contributed by atoms with Gasteiger partial charge >= 0.3 is 0 Å². The molecule has 1 rings (SSSR count). The van der Waals surface area contributed by atoms with Crippen LogP contribution in [0.4, 0.5) is 0 Å². The molecule has 1 aliphatic rings. The molecule has 17 heavy (non-hydrogen) atoms. The molecule has 1 aliphatic heterocycles. The number of rotatable bonds is 4. The fourth-order valence-electron chi connectivity index (χ4n) is 1.86. The number of hydrogen-bond donors (Lipinski definition) is 1. The standard InChI is InChI=1S/C11H22N4O.HI/c1-3-14(4-2)11(12)13-9-10(16)15-7-5-6-8-15;/h3-9H2,1-2H3,(H2,12,13);1H. The molecule has 0 atom stereocenters. The van der Waals surface area contributed by atoms with Crippen LogP contribution in [-0.2, 0) is 4.79 Å². The maximum absolute atomic E-state index is 11.7. The van der Waals surface area contributed by atoms with Crippen LogP contribution in [0.1, 0.15) is 26.7 Å². The van der Waals surface area contributed by atoms with Crippen molar-refractivity contribution in [3.8, 4) is 0 Å². The number of halogens is 1. The Kier molecular flexibility index (Phi) is 8.28. The Morgan fingerprint density at radius 2 is 1.82 bits per heavy atom. The van der Waals surface area contributed by atoms with Crippen molar-refractivity contribution in [2.24, 2.45) is 10.7 Å². The fraction of sp³-hybridized carbons (Fsp3) is 0.818. The van der Waals surface area contributed by atoms with Gasteiger partial charge in [0.05, 0.1) is 0 Å². The molecular weight excluding hydrogens is 331 g/mol. The minimum Gasteiger partial charge on any atom is -0.370 e. The SMILES string of the molecule is CCN(CC)C(N)=NCC(=O)N1CCCC1.I. The van der Waals surface area contributed by atoms with Gasteiger partial charge in [-0.1, -0.05) is 0 Å². The Morgan fingerprint density at radius 1 is 1.29 bits per heavy atom. The van der Waals surface area contributed by atoms with Gasteiger partial charge in [-0.3, -0.25) is 4.79 Å². The van der Waals surface area contributed by atoms with Crippen LogP contribution >= 0.6 is 24.0 Å². The van der Waals surface area contributed by atoms with Crippen LogP contribution < -0.4 is 5.73 Å². The average molecular weight is 354 g/mol. The van der Waals surface area contributed by atoms with Crippen LogP contribution in [-0.4, -0.2) is 54.4 Å². The molecule has 5 nitrogen and oxygen atoms in total. The van der Waals surface area contributed by atoms with Crippen molar-refractivity contribution >= 4 is 35.8 Å². The maximum atomic E-state index is 11.7. The molecule has 0 aliphatic carbocycles. The van der Waals surface area contributed by atoms with E-state index in [1.807, 2.05) is 23.6 Å². The van der Waals surface area contributed by atoms with Gasteiger partial charge in [-0.15, -0.1) is 24.0 Å². The highest BCUT2D eigenvalue weighted by Gasteiger charge is 2.17. The van der Waals surface area contributed by atoms with Gasteiger partial charge in [0.2, 0.25) is 5.91 Å². The number of guanidine groups is 1. The smallest absolute Gasteiger partial charge is 0.244 e. The number of carbonyl (C=O) groups excluding carboxylic acids is 1. The molecule has 1 amide bonds. The second-order valence-electron chi connectivity index (χ2n) is 3.93. The lowest BCUT2D eigenvalue weighted by atomic mass is 10.4. The first kappa shape index (κ1) is 16.5. The summed E-state index contributed by atoms with van der Waals surface area (Å²) in [7, 11) is 0. The Morgan fingerprint density at radius 3 is 2.29 bits per heavy atom. The van der Waals surface area contributed by atoms with Crippen molar-refractivity contribution in [2.75, 3.05) is 32.7 Å². The number of nitrogens with zero attached hydrogens (tertiary/aromatic N) is 3. The summed E-state index contributed by atoms with van der Waals surface area (Å²) in [6.45, 7) is 7.62. The first-order valence-corrected chi connectivity index (χ1v) is 6.01. The minimum atomic E-state index is 0. The predicted molar refractivity (Wildman–Crippen MR) is 80.6 cm³/mol. The summed E-state index contributed by atoms with van der Waals surface area (Å²) >= 11 is 0. The third kappa shape index (κ3) is 5.10. The number of aliphatic imine (C=N–C) groups is 1. The zero-order valence-corrected chi connectivity index (χ0v) is 13.0. The molecule has 0 aromatic rings. The first-order chi connectivity index (χ1) is 7.69. The third-order valence-electron chi connectivity index (χ3n) is 2.92. The molecule has 1 heterocycles. The van der Waals surface area contributed by atoms with E-state index in [0.29, 0.717) is 5.96 Å². The number of carbonyl (C=O) groups is 1. The molecule has 100 valence electrons. The van der Waals surface area contributed by atoms with E-state index in [9.17, 15) is 4.79 Å². The summed E-state index contributed by atoms with van der Waals surface area (Å²) in [5, 5.41) is 0. The molecular formula is C11H23IN4O. The summed E-state index contributed by atoms with van der Waals surface area (Å²) in [5.41, 5.74) is 5.79. The van der Waals surface area contributed by atoms with E-state index in [-0.39, 0.29) is 36.4 Å². The van der Waals surface area contributed by atoms with Crippen molar-refractivity contribution in [1.29, 1.82) is 0 Å². The van der Waals surface area contributed by atoms with Crippen LogP contribution in [0.2, 0.25) is 0 Å². The van der Waals surface area contributed by atoms with Crippen molar-refractivity contribution < 1.29 is 4.79 Å². The number of amides is 1. The zero-order valence-electron chi connectivity index (χ0n) is 10.7. The highest BCUT2D eigenvalue weighted by Crippen LogP contribution is 2.07. The number of hydrogen-bond acceptors (Lipinski definition) is 2. The Hall–Kier alpha value is -0.530. The highest BCUT2D eigenvalue weighted by molar-refractivity contribution is 14.0. The van der Waals surface area contributed by atoms with E-state index in [1.165, 1.54) is 0 Å². The molecule has 1 fully saturated rings. The molecule has 0 bridgehead atoms. The highest BCUT2D eigenvalue weighted by atomic mass is 127. The van der Waals surface area contributed by atoms with Crippen molar-refractivity contribution in [3.63, 3.8) is 0 Å². The van der Waals surface area contributed by atoms with Gasteiger partial charge in [-0.25, -0.2) is 4.99 Å². The first-order valence-electron chi connectivity index (χ1n) is 6.01. The average Bonchev–Trinajstić information content (AvgIpc) is 2.81. The zero-order chi connectivity index (χ0) is 12.0. The topological polar surface area (TPSA) is 61.9 Å². The molecule has 0 radical (unpaired) electrons. The summed E-state index contributed by atoms with van der Waals surface area (Å²) in [6.07, 6.45) is 2.22. The second-order valence-corrected chi connectivity index (χ2v) is 3.93. The van der Waals surface area contributed by atoms with Crippen molar-refractivity contribution in [1.82, 2.24) is 9.80 Å².